The largest absolute Gasteiger partial charge is 0.484 e. The minimum Gasteiger partial charge on any atom is -0.484 e. The highest BCUT2D eigenvalue weighted by Crippen LogP contribution is 2.21. The number of nitrogens with zero attached hydrogens (tertiary/aromatic N) is 3. The van der Waals surface area contributed by atoms with E-state index in [2.05, 4.69) is 15.1 Å². The maximum Gasteiger partial charge on any atom is 0.316 e. The SMILES string of the molecule is CC(C)Cn1c(=O)c(=O)[nH]c2cc(-c3noc(COc4ccccc4)n3)ccc21. The van der Waals surface area contributed by atoms with E-state index in [0.717, 1.165) is 0 Å². The van der Waals surface area contributed by atoms with Crippen molar-refractivity contribution >= 4 is 11.0 Å². The summed E-state index contributed by atoms with van der Waals surface area (Å²) in [6.45, 7) is 4.59. The lowest BCUT2D eigenvalue weighted by Gasteiger charge is -2.12. The fourth-order valence-electron chi connectivity index (χ4n) is 3.06. The number of para-hydroxylation sites is 1. The van der Waals surface area contributed by atoms with Gasteiger partial charge in [-0.2, -0.15) is 4.98 Å². The van der Waals surface area contributed by atoms with Crippen LogP contribution in [-0.2, 0) is 13.2 Å². The second-order valence-corrected chi connectivity index (χ2v) is 7.11. The summed E-state index contributed by atoms with van der Waals surface area (Å²) in [6, 6.07) is 14.7. The molecule has 0 fully saturated rings. The van der Waals surface area contributed by atoms with E-state index in [-0.39, 0.29) is 12.5 Å². The van der Waals surface area contributed by atoms with Crippen molar-refractivity contribution in [3.63, 3.8) is 0 Å². The Balaban J connectivity index is 1.63. The Bertz CT molecular complexity index is 1260. The molecule has 148 valence electrons. The van der Waals surface area contributed by atoms with Crippen LogP contribution in [0.1, 0.15) is 19.7 Å². The highest BCUT2D eigenvalue weighted by atomic mass is 16.5. The van der Waals surface area contributed by atoms with Crippen molar-refractivity contribution in [2.24, 2.45) is 5.92 Å². The maximum absolute atomic E-state index is 12.2. The number of fused-ring (bicyclic) bond motifs is 1. The van der Waals surface area contributed by atoms with Gasteiger partial charge in [0.2, 0.25) is 5.82 Å². The van der Waals surface area contributed by atoms with Gasteiger partial charge >= 0.3 is 11.1 Å². The van der Waals surface area contributed by atoms with Gasteiger partial charge in [-0.3, -0.25) is 9.59 Å². The van der Waals surface area contributed by atoms with Gasteiger partial charge in [-0.25, -0.2) is 0 Å². The summed E-state index contributed by atoms with van der Waals surface area (Å²) >= 11 is 0. The lowest BCUT2D eigenvalue weighted by molar-refractivity contribution is 0.243. The van der Waals surface area contributed by atoms with Crippen molar-refractivity contribution in [1.29, 1.82) is 0 Å². The number of rotatable bonds is 6. The van der Waals surface area contributed by atoms with Crippen LogP contribution >= 0.6 is 0 Å². The summed E-state index contributed by atoms with van der Waals surface area (Å²) in [5.74, 6) is 1.64. The van der Waals surface area contributed by atoms with Gasteiger partial charge in [0, 0.05) is 12.1 Å². The Morgan fingerprint density at radius 2 is 1.93 bits per heavy atom. The van der Waals surface area contributed by atoms with Crippen LogP contribution in [0, 0.1) is 5.92 Å². The van der Waals surface area contributed by atoms with Gasteiger partial charge in [0.15, 0.2) is 6.61 Å². The van der Waals surface area contributed by atoms with E-state index in [1.54, 1.807) is 18.2 Å². The summed E-state index contributed by atoms with van der Waals surface area (Å²) in [7, 11) is 0. The van der Waals surface area contributed by atoms with Crippen LogP contribution < -0.4 is 15.9 Å². The first-order valence-corrected chi connectivity index (χ1v) is 9.29. The molecule has 0 atom stereocenters. The molecule has 0 aliphatic carbocycles. The highest BCUT2D eigenvalue weighted by molar-refractivity contribution is 5.80. The molecule has 2 aromatic carbocycles. The Morgan fingerprint density at radius 3 is 2.69 bits per heavy atom. The molecule has 0 saturated heterocycles. The third kappa shape index (κ3) is 3.96. The second-order valence-electron chi connectivity index (χ2n) is 7.11. The number of ether oxygens (including phenoxy) is 1. The molecule has 0 aliphatic heterocycles. The van der Waals surface area contributed by atoms with Crippen molar-refractivity contribution in [3.05, 3.63) is 75.1 Å². The van der Waals surface area contributed by atoms with Crippen LogP contribution in [0.4, 0.5) is 0 Å². The highest BCUT2D eigenvalue weighted by Gasteiger charge is 2.13. The van der Waals surface area contributed by atoms with Crippen LogP contribution in [0.3, 0.4) is 0 Å². The minimum atomic E-state index is -0.652. The molecule has 0 aliphatic rings. The van der Waals surface area contributed by atoms with Gasteiger partial charge in [-0.1, -0.05) is 37.2 Å². The van der Waals surface area contributed by atoms with Gasteiger partial charge < -0.3 is 18.8 Å². The third-order valence-electron chi connectivity index (χ3n) is 4.35. The van der Waals surface area contributed by atoms with Crippen LogP contribution in [0.2, 0.25) is 0 Å². The van der Waals surface area contributed by atoms with Gasteiger partial charge in [0.05, 0.1) is 11.0 Å². The second kappa shape index (κ2) is 7.75. The summed E-state index contributed by atoms with van der Waals surface area (Å²) in [4.78, 5) is 31.3. The Morgan fingerprint density at radius 1 is 1.14 bits per heavy atom. The summed E-state index contributed by atoms with van der Waals surface area (Å²) in [5, 5.41) is 3.99. The van der Waals surface area contributed by atoms with Crippen LogP contribution in [0.15, 0.2) is 62.6 Å². The zero-order valence-corrected chi connectivity index (χ0v) is 16.1. The van der Waals surface area contributed by atoms with Crippen LogP contribution in [0.25, 0.3) is 22.4 Å². The van der Waals surface area contributed by atoms with Crippen molar-refractivity contribution in [2.75, 3.05) is 0 Å². The van der Waals surface area contributed by atoms with Crippen molar-refractivity contribution in [1.82, 2.24) is 19.7 Å². The molecule has 0 radical (unpaired) electrons. The summed E-state index contributed by atoms with van der Waals surface area (Å²) in [6.07, 6.45) is 0. The number of aromatic amines is 1. The van der Waals surface area contributed by atoms with Crippen LogP contribution in [-0.4, -0.2) is 19.7 Å². The molecule has 0 unspecified atom stereocenters. The fourth-order valence-corrected chi connectivity index (χ4v) is 3.06. The molecule has 8 heteroatoms. The number of hydrogen-bond acceptors (Lipinski definition) is 6. The molecule has 1 N–H and O–H groups in total. The maximum atomic E-state index is 12.2. The van der Waals surface area contributed by atoms with E-state index in [9.17, 15) is 9.59 Å². The summed E-state index contributed by atoms with van der Waals surface area (Å²) in [5.41, 5.74) is 0.652. The third-order valence-corrected chi connectivity index (χ3v) is 4.35. The Hall–Kier alpha value is -3.68. The molecule has 4 aromatic rings. The van der Waals surface area contributed by atoms with E-state index in [0.29, 0.717) is 40.6 Å². The van der Waals surface area contributed by atoms with E-state index >= 15 is 0 Å². The lowest BCUT2D eigenvalue weighted by atomic mass is 10.1. The predicted molar refractivity (Wildman–Crippen MR) is 108 cm³/mol. The zero-order valence-electron chi connectivity index (χ0n) is 16.1. The van der Waals surface area contributed by atoms with Gasteiger partial charge in [-0.05, 0) is 36.2 Å². The first kappa shape index (κ1) is 18.7. The quantitative estimate of drug-likeness (QED) is 0.506. The molecule has 0 bridgehead atoms. The van der Waals surface area contributed by atoms with Gasteiger partial charge in [-0.15, -0.1) is 0 Å². The average Bonchev–Trinajstić information content (AvgIpc) is 3.19. The monoisotopic (exact) mass is 392 g/mol. The minimum absolute atomic E-state index is 0.148. The number of aromatic nitrogens is 4. The Kier molecular flexibility index (Phi) is 4.99. The average molecular weight is 392 g/mol. The molecular weight excluding hydrogens is 372 g/mol. The van der Waals surface area contributed by atoms with E-state index in [1.807, 2.05) is 44.2 Å². The van der Waals surface area contributed by atoms with E-state index in [4.69, 9.17) is 9.26 Å². The number of hydrogen-bond donors (Lipinski definition) is 1. The zero-order chi connectivity index (χ0) is 20.4. The standard InChI is InChI=1S/C21H20N4O4/c1-13(2)11-25-17-9-8-14(10-16(17)22-20(26)21(25)27)19-23-18(29-24-19)12-28-15-6-4-3-5-7-15/h3-10,13H,11-12H2,1-2H3,(H,22,26). The molecule has 0 saturated carbocycles. The topological polar surface area (TPSA) is 103 Å². The number of benzene rings is 2. The number of nitrogens with one attached hydrogen (secondary N) is 1. The first-order chi connectivity index (χ1) is 14.0. The van der Waals surface area contributed by atoms with Crippen molar-refractivity contribution in [3.8, 4) is 17.1 Å². The molecule has 2 heterocycles. The predicted octanol–water partition coefficient (Wildman–Crippen LogP) is 2.97. The number of H-pyrrole nitrogens is 1. The van der Waals surface area contributed by atoms with Gasteiger partial charge in [0.1, 0.15) is 5.75 Å². The molecule has 2 aromatic heterocycles. The van der Waals surface area contributed by atoms with Crippen molar-refractivity contribution < 1.29 is 9.26 Å². The lowest BCUT2D eigenvalue weighted by Crippen LogP contribution is -2.37. The first-order valence-electron chi connectivity index (χ1n) is 9.29. The smallest absolute Gasteiger partial charge is 0.316 e. The van der Waals surface area contributed by atoms with Crippen molar-refractivity contribution in [2.45, 2.75) is 27.0 Å². The molecule has 29 heavy (non-hydrogen) atoms. The fraction of sp³-hybridized carbons (Fsp3) is 0.238. The molecule has 0 amide bonds. The molecule has 4 rings (SSSR count). The van der Waals surface area contributed by atoms with Gasteiger partial charge in [0.25, 0.3) is 5.89 Å². The van der Waals surface area contributed by atoms with Crippen LogP contribution in [0.5, 0.6) is 5.75 Å². The Labute approximate surface area is 165 Å². The van der Waals surface area contributed by atoms with E-state index < -0.39 is 11.1 Å². The molecule has 0 spiro atoms. The molecule has 8 nitrogen and oxygen atoms in total. The molecular formula is C21H20N4O4. The summed E-state index contributed by atoms with van der Waals surface area (Å²) < 4.78 is 12.4. The normalized spacial score (nSPS) is 11.3. The van der Waals surface area contributed by atoms with E-state index in [1.165, 1.54) is 4.57 Å².